The number of aromatic nitrogens is 1. The zero-order chi connectivity index (χ0) is 21.4. The molecule has 3 aromatic rings. The minimum atomic E-state index is 0.0947. The van der Waals surface area contributed by atoms with Crippen LogP contribution in [0, 0.1) is 11.3 Å². The van der Waals surface area contributed by atoms with Crippen molar-refractivity contribution in [2.75, 3.05) is 25.5 Å². The summed E-state index contributed by atoms with van der Waals surface area (Å²) < 4.78 is 5.18. The second-order valence-corrected chi connectivity index (χ2v) is 9.13. The number of ether oxygens (including phenoxy) is 1. The van der Waals surface area contributed by atoms with Crippen LogP contribution < -0.4 is 10.1 Å². The Labute approximate surface area is 187 Å². The predicted octanol–water partition coefficient (Wildman–Crippen LogP) is 5.14. The quantitative estimate of drug-likeness (QED) is 0.603. The van der Waals surface area contributed by atoms with Crippen LogP contribution in [0.5, 0.6) is 5.75 Å². The van der Waals surface area contributed by atoms with E-state index in [9.17, 15) is 4.79 Å². The van der Waals surface area contributed by atoms with E-state index < -0.39 is 0 Å². The molecular weight excluding hydrogens is 410 g/mol. The van der Waals surface area contributed by atoms with Crippen molar-refractivity contribution in [2.45, 2.75) is 25.8 Å². The summed E-state index contributed by atoms with van der Waals surface area (Å²) in [7, 11) is 1.58. The van der Waals surface area contributed by atoms with Gasteiger partial charge in [0.2, 0.25) is 5.91 Å². The molecule has 1 aromatic heterocycles. The molecule has 5 nitrogen and oxygen atoms in total. The van der Waals surface area contributed by atoms with Crippen LogP contribution in [-0.4, -0.2) is 36.0 Å². The molecule has 1 aliphatic heterocycles. The number of likely N-dealkylation sites (tertiary alicyclic amines) is 1. The highest BCUT2D eigenvalue weighted by Gasteiger charge is 2.58. The number of pyridine rings is 1. The van der Waals surface area contributed by atoms with Gasteiger partial charge >= 0.3 is 0 Å². The first-order valence-corrected chi connectivity index (χ1v) is 11.2. The smallest absolute Gasteiger partial charge is 0.228 e. The zero-order valence-electron chi connectivity index (χ0n) is 17.6. The van der Waals surface area contributed by atoms with Crippen LogP contribution in [-0.2, 0) is 11.3 Å². The molecule has 2 fully saturated rings. The van der Waals surface area contributed by atoms with Gasteiger partial charge in [0.05, 0.1) is 17.6 Å². The Morgan fingerprint density at radius 2 is 2.06 bits per heavy atom. The maximum Gasteiger partial charge on any atom is 0.228 e. The van der Waals surface area contributed by atoms with Crippen LogP contribution in [0.3, 0.4) is 0 Å². The van der Waals surface area contributed by atoms with E-state index in [0.717, 1.165) is 50.1 Å². The predicted molar refractivity (Wildman–Crippen MR) is 123 cm³/mol. The minimum Gasteiger partial charge on any atom is -0.495 e. The number of carbonyl (C=O) groups excluding carboxylic acids is 1. The molecule has 1 amide bonds. The number of amides is 1. The Morgan fingerprint density at radius 3 is 2.84 bits per heavy atom. The topological polar surface area (TPSA) is 54.5 Å². The Balaban J connectivity index is 1.18. The fourth-order valence-electron chi connectivity index (χ4n) is 4.95. The van der Waals surface area contributed by atoms with Crippen LogP contribution >= 0.6 is 11.6 Å². The molecule has 1 N–H and O–H groups in total. The Bertz CT molecular complexity index is 1120. The maximum absolute atomic E-state index is 12.8. The zero-order valence-corrected chi connectivity index (χ0v) is 18.4. The number of piperidine rings is 1. The lowest BCUT2D eigenvalue weighted by molar-refractivity contribution is -0.118. The summed E-state index contributed by atoms with van der Waals surface area (Å²) in [5.74, 6) is 0.809. The first-order valence-electron chi connectivity index (χ1n) is 10.8. The third-order valence-corrected chi connectivity index (χ3v) is 7.20. The monoisotopic (exact) mass is 435 g/mol. The van der Waals surface area contributed by atoms with E-state index in [-0.39, 0.29) is 17.2 Å². The number of nitrogens with one attached hydrogen (secondary N) is 1. The summed E-state index contributed by atoms with van der Waals surface area (Å²) in [6.07, 6.45) is 4.96. The standard InChI is InChI=1S/C25H26ClN3O2/c1-31-23-8-7-18(14-21(23)26)28-24(30)20-15-25(20)9-12-29(13-10-25)16-17-4-2-6-22-19(17)5-3-11-27-22/h2-8,11,14,20H,9-10,12-13,15-16H2,1H3,(H,28,30). The summed E-state index contributed by atoms with van der Waals surface area (Å²) >= 11 is 6.18. The molecule has 1 saturated carbocycles. The molecule has 5 rings (SSSR count). The molecule has 2 heterocycles. The fraction of sp³-hybridized carbons (Fsp3) is 0.360. The summed E-state index contributed by atoms with van der Waals surface area (Å²) in [5.41, 5.74) is 3.26. The van der Waals surface area contributed by atoms with Crippen molar-refractivity contribution in [1.29, 1.82) is 0 Å². The number of carbonyl (C=O) groups is 1. The van der Waals surface area contributed by atoms with Crippen molar-refractivity contribution >= 4 is 34.1 Å². The summed E-state index contributed by atoms with van der Waals surface area (Å²) in [4.78, 5) is 19.8. The molecule has 2 aliphatic rings. The van der Waals surface area contributed by atoms with Crippen molar-refractivity contribution in [3.63, 3.8) is 0 Å². The number of methoxy groups -OCH3 is 1. The largest absolute Gasteiger partial charge is 0.495 e. The number of nitrogens with zero attached hydrogens (tertiary/aromatic N) is 2. The van der Waals surface area contributed by atoms with Gasteiger partial charge in [-0.3, -0.25) is 14.7 Å². The first-order chi connectivity index (χ1) is 15.1. The minimum absolute atomic E-state index is 0.0947. The number of hydrogen-bond acceptors (Lipinski definition) is 4. The number of benzene rings is 2. The number of rotatable bonds is 5. The van der Waals surface area contributed by atoms with E-state index in [1.165, 1.54) is 10.9 Å². The molecule has 1 spiro atoms. The van der Waals surface area contributed by atoms with Gasteiger partial charge in [-0.05, 0) is 73.7 Å². The van der Waals surface area contributed by atoms with Crippen molar-refractivity contribution in [3.05, 3.63) is 65.3 Å². The number of anilines is 1. The molecule has 1 saturated heterocycles. The summed E-state index contributed by atoms with van der Waals surface area (Å²) in [6.45, 7) is 2.98. The van der Waals surface area contributed by atoms with Gasteiger partial charge in [-0.15, -0.1) is 0 Å². The third-order valence-electron chi connectivity index (χ3n) is 6.91. The van der Waals surface area contributed by atoms with Crippen molar-refractivity contribution in [3.8, 4) is 5.75 Å². The average molecular weight is 436 g/mol. The molecule has 1 unspecified atom stereocenters. The summed E-state index contributed by atoms with van der Waals surface area (Å²) in [5, 5.41) is 4.77. The number of hydrogen-bond donors (Lipinski definition) is 1. The van der Waals surface area contributed by atoms with Gasteiger partial charge < -0.3 is 10.1 Å². The SMILES string of the molecule is COc1ccc(NC(=O)C2CC23CCN(Cc2cccc4ncccc24)CC3)cc1Cl. The molecular formula is C25H26ClN3O2. The van der Waals surface area contributed by atoms with E-state index in [2.05, 4.69) is 39.5 Å². The van der Waals surface area contributed by atoms with Gasteiger partial charge in [0.1, 0.15) is 5.75 Å². The molecule has 0 bridgehead atoms. The van der Waals surface area contributed by atoms with E-state index in [4.69, 9.17) is 16.3 Å². The number of halogens is 1. The Morgan fingerprint density at radius 1 is 1.23 bits per heavy atom. The first kappa shape index (κ1) is 20.3. The third kappa shape index (κ3) is 4.00. The van der Waals surface area contributed by atoms with Crippen LogP contribution in [0.1, 0.15) is 24.8 Å². The van der Waals surface area contributed by atoms with Crippen molar-refractivity contribution in [2.24, 2.45) is 11.3 Å². The van der Waals surface area contributed by atoms with Gasteiger partial charge in [-0.2, -0.15) is 0 Å². The van der Waals surface area contributed by atoms with Gasteiger partial charge in [0.25, 0.3) is 0 Å². The molecule has 0 radical (unpaired) electrons. The van der Waals surface area contributed by atoms with Crippen LogP contribution in [0.2, 0.25) is 5.02 Å². The summed E-state index contributed by atoms with van der Waals surface area (Å²) in [6, 6.07) is 15.9. The molecule has 31 heavy (non-hydrogen) atoms. The highest BCUT2D eigenvalue weighted by Crippen LogP contribution is 2.59. The van der Waals surface area contributed by atoms with Gasteiger partial charge in [0.15, 0.2) is 0 Å². The Hall–Kier alpha value is -2.63. The molecule has 2 aromatic carbocycles. The Kier molecular flexibility index (Phi) is 5.32. The lowest BCUT2D eigenvalue weighted by Crippen LogP contribution is -2.35. The van der Waals surface area contributed by atoms with E-state index in [1.54, 1.807) is 19.2 Å². The molecule has 160 valence electrons. The van der Waals surface area contributed by atoms with Gasteiger partial charge in [-0.25, -0.2) is 0 Å². The van der Waals surface area contributed by atoms with Crippen molar-refractivity contribution in [1.82, 2.24) is 9.88 Å². The fourth-order valence-corrected chi connectivity index (χ4v) is 5.20. The lowest BCUT2D eigenvalue weighted by Gasteiger charge is -2.33. The van der Waals surface area contributed by atoms with E-state index >= 15 is 0 Å². The second-order valence-electron chi connectivity index (χ2n) is 8.72. The van der Waals surface area contributed by atoms with E-state index in [0.29, 0.717) is 10.8 Å². The van der Waals surface area contributed by atoms with Gasteiger partial charge in [-0.1, -0.05) is 29.8 Å². The normalized spacial score (nSPS) is 20.0. The van der Waals surface area contributed by atoms with Gasteiger partial charge in [0, 0.05) is 29.7 Å². The molecule has 1 aliphatic carbocycles. The lowest BCUT2D eigenvalue weighted by atomic mass is 9.90. The van der Waals surface area contributed by atoms with Crippen LogP contribution in [0.15, 0.2) is 54.7 Å². The van der Waals surface area contributed by atoms with Crippen molar-refractivity contribution < 1.29 is 9.53 Å². The second kappa shape index (κ2) is 8.13. The maximum atomic E-state index is 12.8. The highest BCUT2D eigenvalue weighted by atomic mass is 35.5. The molecule has 6 heteroatoms. The molecule has 1 atom stereocenters. The van der Waals surface area contributed by atoms with Crippen LogP contribution in [0.4, 0.5) is 5.69 Å². The number of fused-ring (bicyclic) bond motifs is 1. The highest BCUT2D eigenvalue weighted by molar-refractivity contribution is 6.32. The van der Waals surface area contributed by atoms with E-state index in [1.807, 2.05) is 18.3 Å². The average Bonchev–Trinajstić information content (AvgIpc) is 3.49. The van der Waals surface area contributed by atoms with Crippen LogP contribution in [0.25, 0.3) is 10.9 Å².